The summed E-state index contributed by atoms with van der Waals surface area (Å²) in [6.45, 7) is 2.30. The Morgan fingerprint density at radius 1 is 1.17 bits per heavy atom. The molecule has 0 unspecified atom stereocenters. The lowest BCUT2D eigenvalue weighted by molar-refractivity contribution is -0.384. The minimum atomic E-state index is -0.618. The summed E-state index contributed by atoms with van der Waals surface area (Å²) in [7, 11) is 1.33. The molecule has 158 valence electrons. The molecule has 2 aromatic rings. The van der Waals surface area contributed by atoms with E-state index < -0.39 is 16.9 Å². The number of nitro benzene ring substituents is 1. The van der Waals surface area contributed by atoms with Crippen LogP contribution in [0.25, 0.3) is 0 Å². The Bertz CT molecular complexity index is 977. The maximum Gasteiger partial charge on any atom is 0.415 e. The fraction of sp³-hybridized carbons (Fsp3) is 0.263. The van der Waals surface area contributed by atoms with Gasteiger partial charge in [0.15, 0.2) is 0 Å². The van der Waals surface area contributed by atoms with Crippen molar-refractivity contribution in [2.75, 3.05) is 38.6 Å². The van der Waals surface area contributed by atoms with E-state index in [1.54, 1.807) is 0 Å². The lowest BCUT2D eigenvalue weighted by atomic mass is 10.1. The second-order valence-electron chi connectivity index (χ2n) is 6.34. The molecule has 10 nitrogen and oxygen atoms in total. The second-order valence-corrected chi connectivity index (χ2v) is 6.78. The van der Waals surface area contributed by atoms with E-state index in [4.69, 9.17) is 21.1 Å². The Kier molecular flexibility index (Phi) is 6.70. The number of halogens is 1. The number of carbonyl (C=O) groups is 2. The Morgan fingerprint density at radius 3 is 2.57 bits per heavy atom. The first-order valence-corrected chi connectivity index (χ1v) is 9.37. The summed E-state index contributed by atoms with van der Waals surface area (Å²) in [5.74, 6) is -0.465. The number of nitro groups is 1. The molecule has 0 aromatic heterocycles. The van der Waals surface area contributed by atoms with Crippen molar-refractivity contribution in [3.8, 4) is 11.5 Å². The molecule has 2 aromatic carbocycles. The van der Waals surface area contributed by atoms with Crippen LogP contribution >= 0.6 is 11.6 Å². The maximum absolute atomic E-state index is 12.9. The second kappa shape index (κ2) is 9.42. The van der Waals surface area contributed by atoms with Crippen LogP contribution in [-0.2, 0) is 0 Å². The number of nitrogens with zero attached hydrogens (tertiary/aromatic N) is 2. The number of hydrogen-bond donors (Lipinski definition) is 2. The number of nitrogens with one attached hydrogen (secondary N) is 2. The van der Waals surface area contributed by atoms with E-state index in [0.717, 1.165) is 0 Å². The van der Waals surface area contributed by atoms with E-state index in [1.165, 1.54) is 48.4 Å². The highest BCUT2D eigenvalue weighted by molar-refractivity contribution is 6.31. The molecule has 0 bridgehead atoms. The van der Waals surface area contributed by atoms with E-state index >= 15 is 0 Å². The van der Waals surface area contributed by atoms with Gasteiger partial charge >= 0.3 is 6.09 Å². The molecule has 0 aliphatic carbocycles. The van der Waals surface area contributed by atoms with Crippen LogP contribution in [0.1, 0.15) is 10.4 Å². The summed E-state index contributed by atoms with van der Waals surface area (Å²) in [6, 6.07) is 8.09. The zero-order valence-corrected chi connectivity index (χ0v) is 16.8. The molecule has 1 heterocycles. The molecular weight excluding hydrogens is 416 g/mol. The average molecular weight is 435 g/mol. The van der Waals surface area contributed by atoms with E-state index in [9.17, 15) is 19.7 Å². The number of non-ortho nitro benzene ring substituents is 1. The fourth-order valence-corrected chi connectivity index (χ4v) is 3.03. The molecule has 3 rings (SSSR count). The van der Waals surface area contributed by atoms with Gasteiger partial charge in [-0.15, -0.1) is 0 Å². The van der Waals surface area contributed by atoms with Crippen molar-refractivity contribution in [2.24, 2.45) is 0 Å². The lowest BCUT2D eigenvalue weighted by Crippen LogP contribution is -2.47. The van der Waals surface area contributed by atoms with Crippen LogP contribution < -0.4 is 20.1 Å². The van der Waals surface area contributed by atoms with Gasteiger partial charge in [-0.2, -0.15) is 0 Å². The molecule has 0 saturated carbocycles. The van der Waals surface area contributed by atoms with Gasteiger partial charge in [-0.05, 0) is 24.3 Å². The first-order valence-electron chi connectivity index (χ1n) is 9.00. The summed E-state index contributed by atoms with van der Waals surface area (Å²) in [4.78, 5) is 37.2. The molecule has 0 atom stereocenters. The average Bonchev–Trinajstić information content (AvgIpc) is 2.75. The largest absolute Gasteiger partial charge is 0.494 e. The van der Waals surface area contributed by atoms with Crippen molar-refractivity contribution in [1.82, 2.24) is 10.2 Å². The molecule has 11 heteroatoms. The molecule has 1 saturated heterocycles. The molecule has 1 aliphatic heterocycles. The van der Waals surface area contributed by atoms with Gasteiger partial charge in [-0.1, -0.05) is 11.6 Å². The summed E-state index contributed by atoms with van der Waals surface area (Å²) in [6.07, 6.45) is -0.569. The van der Waals surface area contributed by atoms with Gasteiger partial charge in [0.1, 0.15) is 11.5 Å². The number of carbonyl (C=O) groups excluding carboxylic acids is 2. The van der Waals surface area contributed by atoms with E-state index in [-0.39, 0.29) is 33.5 Å². The predicted molar refractivity (Wildman–Crippen MR) is 110 cm³/mol. The molecule has 2 N–H and O–H groups in total. The Labute approximate surface area is 176 Å². The van der Waals surface area contributed by atoms with E-state index in [1.807, 2.05) is 0 Å². The lowest BCUT2D eigenvalue weighted by Gasteiger charge is -2.26. The highest BCUT2D eigenvalue weighted by Gasteiger charge is 2.22. The minimum absolute atomic E-state index is 0.0337. The maximum atomic E-state index is 12.9. The smallest absolute Gasteiger partial charge is 0.415 e. The van der Waals surface area contributed by atoms with Crippen molar-refractivity contribution in [3.63, 3.8) is 0 Å². The quantitative estimate of drug-likeness (QED) is 0.547. The number of hydrogen-bond acceptors (Lipinski definition) is 7. The predicted octanol–water partition coefficient (Wildman–Crippen LogP) is 2.91. The van der Waals surface area contributed by atoms with Crippen molar-refractivity contribution in [1.29, 1.82) is 0 Å². The highest BCUT2D eigenvalue weighted by Crippen LogP contribution is 2.31. The topological polar surface area (TPSA) is 123 Å². The SMILES string of the molecule is COc1cc([N+](=O)[O-])ccc1NC(=O)c1cc(Cl)ccc1OC(=O)N1CCNCC1. The van der Waals surface area contributed by atoms with E-state index in [2.05, 4.69) is 10.6 Å². The van der Waals surface area contributed by atoms with Gasteiger partial charge in [-0.25, -0.2) is 4.79 Å². The number of ether oxygens (including phenoxy) is 2. The molecule has 30 heavy (non-hydrogen) atoms. The highest BCUT2D eigenvalue weighted by atomic mass is 35.5. The van der Waals surface area contributed by atoms with Crippen molar-refractivity contribution < 1.29 is 24.0 Å². The van der Waals surface area contributed by atoms with Gasteiger partial charge < -0.3 is 25.0 Å². The molecule has 1 fully saturated rings. The Morgan fingerprint density at radius 2 is 1.90 bits per heavy atom. The zero-order chi connectivity index (χ0) is 21.7. The number of benzene rings is 2. The third kappa shape index (κ3) is 4.97. The van der Waals surface area contributed by atoms with Crippen LogP contribution in [0.2, 0.25) is 5.02 Å². The van der Waals surface area contributed by atoms with Crippen LogP contribution in [0.15, 0.2) is 36.4 Å². The van der Waals surface area contributed by atoms with Gasteiger partial charge in [0.05, 0.1) is 29.4 Å². The van der Waals surface area contributed by atoms with Crippen LogP contribution in [0.4, 0.5) is 16.2 Å². The Balaban J connectivity index is 1.83. The molecule has 1 aliphatic rings. The molecule has 2 amide bonds. The first-order chi connectivity index (χ1) is 14.4. The minimum Gasteiger partial charge on any atom is -0.494 e. The summed E-state index contributed by atoms with van der Waals surface area (Å²) < 4.78 is 10.6. The van der Waals surface area contributed by atoms with Crippen molar-refractivity contribution in [3.05, 3.63) is 57.1 Å². The van der Waals surface area contributed by atoms with Crippen LogP contribution in [0.5, 0.6) is 11.5 Å². The standard InChI is InChI=1S/C19H19ClN4O6/c1-29-17-11-13(24(27)28)3-4-15(17)22-18(25)14-10-12(20)2-5-16(14)30-19(26)23-8-6-21-7-9-23/h2-5,10-11,21H,6-9H2,1H3,(H,22,25). The monoisotopic (exact) mass is 434 g/mol. The van der Waals surface area contributed by atoms with Crippen LogP contribution in [0.3, 0.4) is 0 Å². The normalized spacial score (nSPS) is 13.5. The van der Waals surface area contributed by atoms with Gasteiger partial charge in [0, 0.05) is 37.3 Å². The van der Waals surface area contributed by atoms with Crippen LogP contribution in [0, 0.1) is 10.1 Å². The first kappa shape index (κ1) is 21.3. The zero-order valence-electron chi connectivity index (χ0n) is 16.0. The number of anilines is 1. The number of rotatable bonds is 5. The number of amides is 2. The summed E-state index contributed by atoms with van der Waals surface area (Å²) in [5.41, 5.74) is 0.0668. The van der Waals surface area contributed by atoms with Crippen molar-refractivity contribution in [2.45, 2.75) is 0 Å². The summed E-state index contributed by atoms with van der Waals surface area (Å²) in [5, 5.41) is 16.9. The summed E-state index contributed by atoms with van der Waals surface area (Å²) >= 11 is 6.02. The van der Waals surface area contributed by atoms with Gasteiger partial charge in [-0.3, -0.25) is 14.9 Å². The third-order valence-electron chi connectivity index (χ3n) is 4.40. The molecular formula is C19H19ClN4O6. The fourth-order valence-electron chi connectivity index (χ4n) is 2.86. The van der Waals surface area contributed by atoms with Gasteiger partial charge in [0.25, 0.3) is 11.6 Å². The molecule has 0 radical (unpaired) electrons. The number of piperazine rings is 1. The molecule has 0 spiro atoms. The third-order valence-corrected chi connectivity index (χ3v) is 4.64. The Hall–Kier alpha value is -3.37. The number of methoxy groups -OCH3 is 1. The van der Waals surface area contributed by atoms with E-state index in [0.29, 0.717) is 26.2 Å². The van der Waals surface area contributed by atoms with Gasteiger partial charge in [0.2, 0.25) is 0 Å². The van der Waals surface area contributed by atoms with Crippen molar-refractivity contribution >= 4 is 35.0 Å². The van der Waals surface area contributed by atoms with Crippen LogP contribution in [-0.4, -0.2) is 55.1 Å².